The molecule has 0 spiro atoms. The van der Waals surface area contributed by atoms with Crippen molar-refractivity contribution in [1.29, 1.82) is 0 Å². The van der Waals surface area contributed by atoms with Crippen molar-refractivity contribution in [2.75, 3.05) is 0 Å². The van der Waals surface area contributed by atoms with Crippen molar-refractivity contribution < 1.29 is 0 Å². The van der Waals surface area contributed by atoms with Crippen molar-refractivity contribution >= 4 is 15.9 Å². The fraction of sp³-hybridized carbons (Fsp3) is 0.273. The molecule has 1 atom stereocenters. The zero-order valence-corrected chi connectivity index (χ0v) is 10.0. The lowest BCUT2D eigenvalue weighted by Gasteiger charge is -2.14. The van der Waals surface area contributed by atoms with E-state index in [2.05, 4.69) is 41.3 Å². The van der Waals surface area contributed by atoms with Crippen molar-refractivity contribution in [3.05, 3.63) is 46.0 Å². The molecule has 0 radical (unpaired) electrons. The van der Waals surface area contributed by atoms with Gasteiger partial charge in [-0.15, -0.1) is 0 Å². The van der Waals surface area contributed by atoms with Gasteiger partial charge in [0.05, 0.1) is 6.04 Å². The zero-order chi connectivity index (χ0) is 10.6. The first-order valence-electron chi connectivity index (χ1n) is 4.50. The monoisotopic (exact) mass is 254 g/mol. The van der Waals surface area contributed by atoms with E-state index in [1.54, 1.807) is 0 Å². The standard InChI is InChI=1S/C11H15BrN2/c1-8(2)7-11(14-13)9-5-3-4-6-10(9)12/h3-7,11,14H,13H2,1-2H3. The Balaban J connectivity index is 3.01. The van der Waals surface area contributed by atoms with Crippen LogP contribution < -0.4 is 11.3 Å². The maximum atomic E-state index is 5.51. The Hall–Kier alpha value is -0.640. The van der Waals surface area contributed by atoms with Gasteiger partial charge in [0.25, 0.3) is 0 Å². The summed E-state index contributed by atoms with van der Waals surface area (Å²) in [5, 5.41) is 0. The molecule has 0 aliphatic heterocycles. The molecule has 3 N–H and O–H groups in total. The molecular formula is C11H15BrN2. The molecule has 76 valence electrons. The lowest BCUT2D eigenvalue weighted by molar-refractivity contribution is 0.649. The lowest BCUT2D eigenvalue weighted by atomic mass is 10.1. The van der Waals surface area contributed by atoms with E-state index < -0.39 is 0 Å². The van der Waals surface area contributed by atoms with Gasteiger partial charge in [-0.2, -0.15) is 0 Å². The molecule has 2 nitrogen and oxygen atoms in total. The van der Waals surface area contributed by atoms with Crippen LogP contribution >= 0.6 is 15.9 Å². The molecule has 0 saturated carbocycles. The molecule has 0 fully saturated rings. The second-order valence-electron chi connectivity index (χ2n) is 3.41. The normalized spacial score (nSPS) is 12.3. The predicted octanol–water partition coefficient (Wildman–Crippen LogP) is 2.92. The second kappa shape index (κ2) is 5.29. The molecule has 0 amide bonds. The molecule has 1 unspecified atom stereocenters. The first kappa shape index (κ1) is 11.4. The third-order valence-corrected chi connectivity index (χ3v) is 2.64. The third-order valence-electron chi connectivity index (χ3n) is 1.92. The van der Waals surface area contributed by atoms with Gasteiger partial charge in [-0.25, -0.2) is 5.43 Å². The second-order valence-corrected chi connectivity index (χ2v) is 4.26. The van der Waals surface area contributed by atoms with Crippen molar-refractivity contribution in [2.24, 2.45) is 5.84 Å². The molecule has 14 heavy (non-hydrogen) atoms. The Morgan fingerprint density at radius 1 is 1.43 bits per heavy atom. The maximum absolute atomic E-state index is 5.51. The first-order chi connectivity index (χ1) is 6.65. The summed E-state index contributed by atoms with van der Waals surface area (Å²) in [4.78, 5) is 0. The van der Waals surface area contributed by atoms with Crippen molar-refractivity contribution in [3.8, 4) is 0 Å². The molecular weight excluding hydrogens is 240 g/mol. The van der Waals surface area contributed by atoms with E-state index in [1.165, 1.54) is 5.57 Å². The van der Waals surface area contributed by atoms with Gasteiger partial charge in [0.1, 0.15) is 0 Å². The van der Waals surface area contributed by atoms with Crippen LogP contribution in [-0.4, -0.2) is 0 Å². The fourth-order valence-corrected chi connectivity index (χ4v) is 1.82. The van der Waals surface area contributed by atoms with Crippen LogP contribution in [0.25, 0.3) is 0 Å². The molecule has 0 aliphatic rings. The van der Waals surface area contributed by atoms with E-state index in [1.807, 2.05) is 24.3 Å². The summed E-state index contributed by atoms with van der Waals surface area (Å²) in [7, 11) is 0. The van der Waals surface area contributed by atoms with E-state index >= 15 is 0 Å². The van der Waals surface area contributed by atoms with E-state index in [0.717, 1.165) is 10.0 Å². The summed E-state index contributed by atoms with van der Waals surface area (Å²) >= 11 is 3.50. The highest BCUT2D eigenvalue weighted by Crippen LogP contribution is 2.24. The molecule has 1 aromatic carbocycles. The maximum Gasteiger partial charge on any atom is 0.0654 e. The quantitative estimate of drug-likeness (QED) is 0.495. The van der Waals surface area contributed by atoms with E-state index in [9.17, 15) is 0 Å². The van der Waals surface area contributed by atoms with Crippen LogP contribution in [0.1, 0.15) is 25.5 Å². The van der Waals surface area contributed by atoms with Crippen LogP contribution in [0.4, 0.5) is 0 Å². The molecule has 1 aromatic rings. The third kappa shape index (κ3) is 2.94. The summed E-state index contributed by atoms with van der Waals surface area (Å²) in [5.74, 6) is 5.51. The minimum atomic E-state index is 0.0653. The Morgan fingerprint density at radius 3 is 2.57 bits per heavy atom. The van der Waals surface area contributed by atoms with Crippen LogP contribution in [-0.2, 0) is 0 Å². The smallest absolute Gasteiger partial charge is 0.0654 e. The van der Waals surface area contributed by atoms with Gasteiger partial charge in [-0.3, -0.25) is 5.84 Å². The number of hydrogen-bond donors (Lipinski definition) is 2. The first-order valence-corrected chi connectivity index (χ1v) is 5.30. The van der Waals surface area contributed by atoms with Crippen molar-refractivity contribution in [2.45, 2.75) is 19.9 Å². The highest BCUT2D eigenvalue weighted by Gasteiger charge is 2.08. The molecule has 0 bridgehead atoms. The van der Waals surface area contributed by atoms with Gasteiger partial charge >= 0.3 is 0 Å². The van der Waals surface area contributed by atoms with Crippen LogP contribution in [0.2, 0.25) is 0 Å². The number of nitrogens with two attached hydrogens (primary N) is 1. The topological polar surface area (TPSA) is 38.0 Å². The molecule has 3 heteroatoms. The summed E-state index contributed by atoms with van der Waals surface area (Å²) in [6.45, 7) is 4.11. The van der Waals surface area contributed by atoms with E-state index in [-0.39, 0.29) is 6.04 Å². The van der Waals surface area contributed by atoms with Gasteiger partial charge < -0.3 is 0 Å². The lowest BCUT2D eigenvalue weighted by Crippen LogP contribution is -2.27. The Morgan fingerprint density at radius 2 is 2.07 bits per heavy atom. The number of nitrogens with one attached hydrogen (secondary N) is 1. The number of hydrazine groups is 1. The Bertz CT molecular complexity index is 330. The largest absolute Gasteiger partial charge is 0.271 e. The summed E-state index contributed by atoms with van der Waals surface area (Å²) in [6.07, 6.45) is 2.10. The average Bonchev–Trinajstić information content (AvgIpc) is 2.15. The number of benzene rings is 1. The molecule has 0 aliphatic carbocycles. The van der Waals surface area contributed by atoms with Crippen LogP contribution in [0.15, 0.2) is 40.4 Å². The van der Waals surface area contributed by atoms with E-state index in [0.29, 0.717) is 0 Å². The summed E-state index contributed by atoms with van der Waals surface area (Å²) < 4.78 is 1.07. The highest BCUT2D eigenvalue weighted by molar-refractivity contribution is 9.10. The van der Waals surface area contributed by atoms with Crippen LogP contribution in [0.5, 0.6) is 0 Å². The summed E-state index contributed by atoms with van der Waals surface area (Å²) in [5.41, 5.74) is 5.17. The van der Waals surface area contributed by atoms with E-state index in [4.69, 9.17) is 5.84 Å². The van der Waals surface area contributed by atoms with Gasteiger partial charge in [0.15, 0.2) is 0 Å². The number of hydrogen-bond acceptors (Lipinski definition) is 2. The Labute approximate surface area is 93.3 Å². The Kier molecular flexibility index (Phi) is 4.32. The predicted molar refractivity (Wildman–Crippen MR) is 63.6 cm³/mol. The average molecular weight is 255 g/mol. The van der Waals surface area contributed by atoms with Crippen molar-refractivity contribution in [3.63, 3.8) is 0 Å². The molecule has 0 saturated heterocycles. The van der Waals surface area contributed by atoms with Crippen LogP contribution in [0.3, 0.4) is 0 Å². The molecule has 0 aromatic heterocycles. The molecule has 0 heterocycles. The van der Waals surface area contributed by atoms with Gasteiger partial charge in [0.2, 0.25) is 0 Å². The van der Waals surface area contributed by atoms with Gasteiger partial charge in [0, 0.05) is 4.47 Å². The van der Waals surface area contributed by atoms with Gasteiger partial charge in [-0.05, 0) is 25.5 Å². The van der Waals surface area contributed by atoms with Crippen LogP contribution in [0, 0.1) is 0 Å². The minimum Gasteiger partial charge on any atom is -0.271 e. The highest BCUT2D eigenvalue weighted by atomic mass is 79.9. The minimum absolute atomic E-state index is 0.0653. The van der Waals surface area contributed by atoms with Crippen molar-refractivity contribution in [1.82, 2.24) is 5.43 Å². The number of halogens is 1. The number of allylic oxidation sites excluding steroid dienone is 1. The number of rotatable bonds is 3. The zero-order valence-electron chi connectivity index (χ0n) is 8.42. The van der Waals surface area contributed by atoms with Gasteiger partial charge in [-0.1, -0.05) is 45.8 Å². The molecule has 1 rings (SSSR count). The summed E-state index contributed by atoms with van der Waals surface area (Å²) in [6, 6.07) is 8.12. The SMILES string of the molecule is CC(C)=CC(NN)c1ccccc1Br. The fourth-order valence-electron chi connectivity index (χ4n) is 1.29.